The van der Waals surface area contributed by atoms with E-state index in [0.29, 0.717) is 12.1 Å². The maximum Gasteiger partial charge on any atom is 0.253 e. The van der Waals surface area contributed by atoms with Crippen molar-refractivity contribution in [2.45, 2.75) is 6.92 Å². The van der Waals surface area contributed by atoms with Crippen LogP contribution in [-0.4, -0.2) is 54.8 Å². The summed E-state index contributed by atoms with van der Waals surface area (Å²) >= 11 is 0. The van der Waals surface area contributed by atoms with Crippen molar-refractivity contribution in [2.24, 2.45) is 0 Å². The first kappa shape index (κ1) is 20.3. The molecule has 2 heterocycles. The number of ether oxygens (including phenoxy) is 1. The van der Waals surface area contributed by atoms with Crippen molar-refractivity contribution in [3.8, 4) is 16.9 Å². The van der Waals surface area contributed by atoms with E-state index in [0.717, 1.165) is 55.5 Å². The molecule has 1 amide bonds. The molecule has 0 radical (unpaired) electrons. The largest absolute Gasteiger partial charge is 0.379 e. The van der Waals surface area contributed by atoms with Crippen LogP contribution in [0.15, 0.2) is 60.7 Å². The van der Waals surface area contributed by atoms with Crippen LogP contribution in [0.25, 0.3) is 16.9 Å². The molecule has 156 valence electrons. The van der Waals surface area contributed by atoms with Gasteiger partial charge in [-0.3, -0.25) is 9.69 Å². The quantitative estimate of drug-likeness (QED) is 0.679. The van der Waals surface area contributed by atoms with E-state index in [2.05, 4.69) is 10.2 Å². The highest BCUT2D eigenvalue weighted by Crippen LogP contribution is 2.29. The lowest BCUT2D eigenvalue weighted by Gasteiger charge is -2.26. The van der Waals surface area contributed by atoms with Crippen molar-refractivity contribution in [2.75, 3.05) is 39.4 Å². The Labute approximate surface area is 176 Å². The van der Waals surface area contributed by atoms with Crippen LogP contribution in [0.3, 0.4) is 0 Å². The molecule has 30 heavy (non-hydrogen) atoms. The van der Waals surface area contributed by atoms with E-state index in [1.807, 2.05) is 47.9 Å². The Balaban J connectivity index is 1.60. The van der Waals surface area contributed by atoms with Crippen LogP contribution in [0, 0.1) is 12.7 Å². The number of hydrogen-bond acceptors (Lipinski definition) is 3. The highest BCUT2D eigenvalue weighted by molar-refractivity contribution is 5.97. The Morgan fingerprint density at radius 1 is 1.07 bits per heavy atom. The van der Waals surface area contributed by atoms with Crippen LogP contribution in [0.2, 0.25) is 0 Å². The summed E-state index contributed by atoms with van der Waals surface area (Å²) in [5, 5.41) is 3.04. The number of aromatic nitrogens is 1. The lowest BCUT2D eigenvalue weighted by molar-refractivity contribution is 0.0383. The smallest absolute Gasteiger partial charge is 0.253 e. The molecule has 2 aromatic carbocycles. The summed E-state index contributed by atoms with van der Waals surface area (Å²) in [4.78, 5) is 15.2. The van der Waals surface area contributed by atoms with Gasteiger partial charge in [-0.1, -0.05) is 30.3 Å². The monoisotopic (exact) mass is 407 g/mol. The van der Waals surface area contributed by atoms with Gasteiger partial charge in [-0.25, -0.2) is 4.39 Å². The fraction of sp³-hybridized carbons (Fsp3) is 0.292. The zero-order valence-electron chi connectivity index (χ0n) is 17.1. The van der Waals surface area contributed by atoms with Gasteiger partial charge in [-0.2, -0.15) is 0 Å². The Morgan fingerprint density at radius 3 is 2.47 bits per heavy atom. The van der Waals surface area contributed by atoms with Gasteiger partial charge in [0.2, 0.25) is 0 Å². The number of halogens is 1. The molecular formula is C24H26FN3O2. The van der Waals surface area contributed by atoms with Crippen LogP contribution in [0.5, 0.6) is 0 Å². The summed E-state index contributed by atoms with van der Waals surface area (Å²) in [6.45, 7) is 6.59. The Bertz CT molecular complexity index is 993. The zero-order valence-corrected chi connectivity index (χ0v) is 17.1. The predicted octanol–water partition coefficient (Wildman–Crippen LogP) is 3.65. The molecule has 1 aliphatic heterocycles. The molecule has 0 bridgehead atoms. The molecule has 0 saturated carbocycles. The molecule has 1 aromatic heterocycles. The highest BCUT2D eigenvalue weighted by Gasteiger charge is 2.20. The van der Waals surface area contributed by atoms with Gasteiger partial charge in [0.1, 0.15) is 5.82 Å². The third-order valence-electron chi connectivity index (χ3n) is 5.46. The van der Waals surface area contributed by atoms with Gasteiger partial charge in [-0.15, -0.1) is 0 Å². The van der Waals surface area contributed by atoms with E-state index < -0.39 is 0 Å². The predicted molar refractivity (Wildman–Crippen MR) is 115 cm³/mol. The second kappa shape index (κ2) is 9.24. The summed E-state index contributed by atoms with van der Waals surface area (Å²) in [5.74, 6) is -0.385. The van der Waals surface area contributed by atoms with E-state index in [-0.39, 0.29) is 11.7 Å². The number of nitrogens with one attached hydrogen (secondary N) is 1. The van der Waals surface area contributed by atoms with Crippen molar-refractivity contribution in [1.29, 1.82) is 0 Å². The summed E-state index contributed by atoms with van der Waals surface area (Å²) in [5.41, 5.74) is 4.17. The first-order valence-corrected chi connectivity index (χ1v) is 10.3. The second-order valence-electron chi connectivity index (χ2n) is 7.42. The number of carbonyl (C=O) groups excluding carboxylic acids is 1. The van der Waals surface area contributed by atoms with Gasteiger partial charge in [0.05, 0.1) is 24.5 Å². The average molecular weight is 407 g/mol. The number of nitrogens with zero attached hydrogens (tertiary/aromatic N) is 2. The standard InChI is InChI=1S/C24H26FN3O2/c1-18-22(24(29)26-11-12-27-13-15-30-16-14-27)17-23(19-5-3-2-4-6-19)28(18)21-9-7-20(25)8-10-21/h2-10,17H,11-16H2,1H3,(H,26,29). The third-order valence-corrected chi connectivity index (χ3v) is 5.46. The normalized spacial score (nSPS) is 14.6. The highest BCUT2D eigenvalue weighted by atomic mass is 19.1. The lowest BCUT2D eigenvalue weighted by Crippen LogP contribution is -2.41. The van der Waals surface area contributed by atoms with Crippen LogP contribution in [0.4, 0.5) is 4.39 Å². The zero-order chi connectivity index (χ0) is 20.9. The number of morpholine rings is 1. The molecule has 1 N–H and O–H groups in total. The molecule has 0 unspecified atom stereocenters. The van der Waals surface area contributed by atoms with Crippen molar-refractivity contribution < 1.29 is 13.9 Å². The van der Waals surface area contributed by atoms with Gasteiger partial charge in [0.15, 0.2) is 0 Å². The first-order valence-electron chi connectivity index (χ1n) is 10.3. The van der Waals surface area contributed by atoms with Crippen LogP contribution in [0.1, 0.15) is 16.1 Å². The van der Waals surface area contributed by atoms with E-state index >= 15 is 0 Å². The van der Waals surface area contributed by atoms with E-state index in [1.165, 1.54) is 12.1 Å². The Kier molecular flexibility index (Phi) is 6.26. The Morgan fingerprint density at radius 2 is 1.77 bits per heavy atom. The number of benzene rings is 2. The van der Waals surface area contributed by atoms with Gasteiger partial charge in [-0.05, 0) is 42.8 Å². The average Bonchev–Trinajstić information content (AvgIpc) is 3.13. The lowest BCUT2D eigenvalue weighted by atomic mass is 10.1. The van der Waals surface area contributed by atoms with Crippen LogP contribution < -0.4 is 5.32 Å². The van der Waals surface area contributed by atoms with Crippen molar-refractivity contribution in [3.05, 3.63) is 77.7 Å². The van der Waals surface area contributed by atoms with E-state index in [9.17, 15) is 9.18 Å². The maximum atomic E-state index is 13.5. The van der Waals surface area contributed by atoms with Crippen molar-refractivity contribution in [3.63, 3.8) is 0 Å². The molecule has 0 aliphatic carbocycles. The van der Waals surface area contributed by atoms with Crippen molar-refractivity contribution in [1.82, 2.24) is 14.8 Å². The molecule has 1 fully saturated rings. The number of carbonyl (C=O) groups is 1. The number of hydrogen-bond donors (Lipinski definition) is 1. The van der Waals surface area contributed by atoms with Crippen molar-refractivity contribution >= 4 is 5.91 Å². The summed E-state index contributed by atoms with van der Waals surface area (Å²) in [6.07, 6.45) is 0. The fourth-order valence-corrected chi connectivity index (χ4v) is 3.83. The SMILES string of the molecule is Cc1c(C(=O)NCCN2CCOCC2)cc(-c2ccccc2)n1-c1ccc(F)cc1. The summed E-state index contributed by atoms with van der Waals surface area (Å²) in [7, 11) is 0. The number of amides is 1. The molecule has 3 aromatic rings. The van der Waals surface area contributed by atoms with E-state index in [4.69, 9.17) is 4.74 Å². The Hall–Kier alpha value is -2.96. The molecule has 1 saturated heterocycles. The van der Waals surface area contributed by atoms with Crippen LogP contribution >= 0.6 is 0 Å². The van der Waals surface area contributed by atoms with Gasteiger partial charge in [0.25, 0.3) is 5.91 Å². The minimum atomic E-state index is -0.286. The molecule has 5 nitrogen and oxygen atoms in total. The van der Waals surface area contributed by atoms with Gasteiger partial charge in [0, 0.05) is 37.6 Å². The minimum Gasteiger partial charge on any atom is -0.379 e. The topological polar surface area (TPSA) is 46.5 Å². The first-order chi connectivity index (χ1) is 14.6. The second-order valence-corrected chi connectivity index (χ2v) is 7.42. The molecule has 0 atom stereocenters. The molecule has 6 heteroatoms. The summed E-state index contributed by atoms with van der Waals surface area (Å²) < 4.78 is 20.8. The molecule has 0 spiro atoms. The maximum absolute atomic E-state index is 13.5. The van der Waals surface area contributed by atoms with Gasteiger partial charge < -0.3 is 14.6 Å². The van der Waals surface area contributed by atoms with Crippen LogP contribution in [-0.2, 0) is 4.74 Å². The van der Waals surface area contributed by atoms with Gasteiger partial charge >= 0.3 is 0 Å². The molecule has 4 rings (SSSR count). The summed E-state index contributed by atoms with van der Waals surface area (Å²) in [6, 6.07) is 18.2. The molecular weight excluding hydrogens is 381 g/mol. The number of rotatable bonds is 6. The third kappa shape index (κ3) is 4.45. The fourth-order valence-electron chi connectivity index (χ4n) is 3.83. The minimum absolute atomic E-state index is 0.0983. The van der Waals surface area contributed by atoms with E-state index in [1.54, 1.807) is 12.1 Å². The molecule has 1 aliphatic rings.